The van der Waals surface area contributed by atoms with Gasteiger partial charge in [0.05, 0.1) is 18.2 Å². The van der Waals surface area contributed by atoms with Crippen LogP contribution in [0.25, 0.3) is 0 Å². The van der Waals surface area contributed by atoms with E-state index in [0.29, 0.717) is 17.9 Å². The van der Waals surface area contributed by atoms with E-state index in [4.69, 9.17) is 10.5 Å². The van der Waals surface area contributed by atoms with Gasteiger partial charge >= 0.3 is 0 Å². The maximum atomic E-state index is 11.8. The van der Waals surface area contributed by atoms with Crippen LogP contribution in [0.1, 0.15) is 16.8 Å². The highest BCUT2D eigenvalue weighted by Gasteiger charge is 2.19. The molecule has 16 heavy (non-hydrogen) atoms. The second-order valence-electron chi connectivity index (χ2n) is 3.62. The number of carbonyl (C=O) groups is 1. The van der Waals surface area contributed by atoms with E-state index in [2.05, 4.69) is 5.32 Å². The highest BCUT2D eigenvalue weighted by atomic mass is 35.5. The molecule has 5 heteroatoms. The first-order valence-corrected chi connectivity index (χ1v) is 5.00. The van der Waals surface area contributed by atoms with Crippen LogP contribution in [-0.4, -0.2) is 25.2 Å². The number of nitrogens with two attached hydrogens (primary N) is 1. The van der Waals surface area contributed by atoms with Gasteiger partial charge in [0.25, 0.3) is 5.91 Å². The fourth-order valence-corrected chi connectivity index (χ4v) is 1.62. The summed E-state index contributed by atoms with van der Waals surface area (Å²) in [6.45, 7) is 1.31. The van der Waals surface area contributed by atoms with Gasteiger partial charge in [-0.05, 0) is 18.6 Å². The highest BCUT2D eigenvalue weighted by Crippen LogP contribution is 2.11. The number of nitrogens with one attached hydrogen (secondary N) is 1. The Balaban J connectivity index is 0.00000128. The first-order chi connectivity index (χ1) is 7.27. The summed E-state index contributed by atoms with van der Waals surface area (Å²) < 4.78 is 5.18. The molecule has 1 amide bonds. The van der Waals surface area contributed by atoms with Crippen molar-refractivity contribution in [1.29, 1.82) is 0 Å². The first-order valence-electron chi connectivity index (χ1n) is 5.00. The molecule has 0 aliphatic carbocycles. The fourth-order valence-electron chi connectivity index (χ4n) is 1.62. The van der Waals surface area contributed by atoms with Gasteiger partial charge in [-0.25, -0.2) is 0 Å². The van der Waals surface area contributed by atoms with Crippen molar-refractivity contribution >= 4 is 24.0 Å². The number of rotatable bonds is 2. The van der Waals surface area contributed by atoms with Crippen LogP contribution in [0.5, 0.6) is 0 Å². The Labute approximate surface area is 101 Å². The van der Waals surface area contributed by atoms with Crippen LogP contribution in [0.3, 0.4) is 0 Å². The van der Waals surface area contributed by atoms with E-state index in [-0.39, 0.29) is 24.4 Å². The zero-order valence-electron chi connectivity index (χ0n) is 8.81. The summed E-state index contributed by atoms with van der Waals surface area (Å²) in [7, 11) is 0. The van der Waals surface area contributed by atoms with Crippen molar-refractivity contribution < 1.29 is 9.53 Å². The molecule has 0 spiro atoms. The van der Waals surface area contributed by atoms with Crippen LogP contribution in [0.4, 0.5) is 5.69 Å². The molecule has 1 saturated heterocycles. The summed E-state index contributed by atoms with van der Waals surface area (Å²) in [4.78, 5) is 11.8. The third-order valence-electron chi connectivity index (χ3n) is 2.47. The van der Waals surface area contributed by atoms with E-state index in [9.17, 15) is 4.79 Å². The smallest absolute Gasteiger partial charge is 0.253 e. The van der Waals surface area contributed by atoms with Gasteiger partial charge in [0.15, 0.2) is 0 Å². The quantitative estimate of drug-likeness (QED) is 0.767. The Morgan fingerprint density at radius 2 is 2.19 bits per heavy atom. The van der Waals surface area contributed by atoms with Gasteiger partial charge in [0.2, 0.25) is 0 Å². The van der Waals surface area contributed by atoms with E-state index < -0.39 is 0 Å². The van der Waals surface area contributed by atoms with Crippen molar-refractivity contribution in [1.82, 2.24) is 5.32 Å². The minimum atomic E-state index is -0.122. The molecule has 3 N–H and O–H groups in total. The van der Waals surface area contributed by atoms with Crippen LogP contribution in [0.2, 0.25) is 0 Å². The average Bonchev–Trinajstić information content (AvgIpc) is 2.71. The number of hydrogen-bond donors (Lipinski definition) is 2. The normalized spacial score (nSPS) is 18.9. The molecule has 1 aromatic carbocycles. The SMILES string of the molecule is Cl.Nc1ccccc1C(=O)NC1CCOC1. The number of ether oxygens (including phenoxy) is 1. The maximum Gasteiger partial charge on any atom is 0.253 e. The Kier molecular flexibility index (Phi) is 4.58. The Morgan fingerprint density at radius 3 is 2.81 bits per heavy atom. The van der Waals surface area contributed by atoms with Crippen LogP contribution in [0, 0.1) is 0 Å². The number of anilines is 1. The molecule has 1 unspecified atom stereocenters. The first kappa shape index (κ1) is 12.8. The second kappa shape index (κ2) is 5.72. The van der Waals surface area contributed by atoms with Gasteiger partial charge in [0, 0.05) is 12.3 Å². The van der Waals surface area contributed by atoms with E-state index in [0.717, 1.165) is 13.0 Å². The van der Waals surface area contributed by atoms with Crippen molar-refractivity contribution in [2.45, 2.75) is 12.5 Å². The van der Waals surface area contributed by atoms with Crippen molar-refractivity contribution in [2.75, 3.05) is 18.9 Å². The number of para-hydroxylation sites is 1. The summed E-state index contributed by atoms with van der Waals surface area (Å²) in [6, 6.07) is 7.18. The minimum Gasteiger partial charge on any atom is -0.398 e. The van der Waals surface area contributed by atoms with E-state index in [1.165, 1.54) is 0 Å². The van der Waals surface area contributed by atoms with E-state index >= 15 is 0 Å². The molecule has 0 bridgehead atoms. The number of carbonyl (C=O) groups excluding carboxylic acids is 1. The lowest BCUT2D eigenvalue weighted by Gasteiger charge is -2.11. The number of amides is 1. The van der Waals surface area contributed by atoms with Crippen LogP contribution < -0.4 is 11.1 Å². The van der Waals surface area contributed by atoms with E-state index in [1.807, 2.05) is 6.07 Å². The molecule has 1 aliphatic rings. The number of nitrogen functional groups attached to an aromatic ring is 1. The summed E-state index contributed by atoms with van der Waals surface area (Å²) >= 11 is 0. The van der Waals surface area contributed by atoms with E-state index in [1.54, 1.807) is 18.2 Å². The van der Waals surface area contributed by atoms with Crippen LogP contribution >= 0.6 is 12.4 Å². The van der Waals surface area contributed by atoms with Crippen molar-refractivity contribution in [3.05, 3.63) is 29.8 Å². The lowest BCUT2D eigenvalue weighted by Crippen LogP contribution is -2.35. The number of hydrogen-bond acceptors (Lipinski definition) is 3. The molecule has 88 valence electrons. The summed E-state index contributed by atoms with van der Waals surface area (Å²) in [5.74, 6) is -0.122. The molecule has 1 fully saturated rings. The molecular formula is C11H15ClN2O2. The predicted molar refractivity (Wildman–Crippen MR) is 64.8 cm³/mol. The van der Waals surface area contributed by atoms with Gasteiger partial charge in [0.1, 0.15) is 0 Å². The highest BCUT2D eigenvalue weighted by molar-refractivity contribution is 5.99. The third-order valence-corrected chi connectivity index (χ3v) is 2.47. The van der Waals surface area contributed by atoms with Gasteiger partial charge in [-0.1, -0.05) is 12.1 Å². The van der Waals surface area contributed by atoms with Gasteiger partial charge in [-0.15, -0.1) is 12.4 Å². The lowest BCUT2D eigenvalue weighted by atomic mass is 10.1. The molecule has 4 nitrogen and oxygen atoms in total. The fraction of sp³-hybridized carbons (Fsp3) is 0.364. The monoisotopic (exact) mass is 242 g/mol. The molecule has 1 heterocycles. The number of halogens is 1. The third kappa shape index (κ3) is 2.87. The summed E-state index contributed by atoms with van der Waals surface area (Å²) in [6.07, 6.45) is 0.873. The van der Waals surface area contributed by atoms with Crippen LogP contribution in [0.15, 0.2) is 24.3 Å². The van der Waals surface area contributed by atoms with Gasteiger partial charge in [-0.3, -0.25) is 4.79 Å². The molecule has 0 aromatic heterocycles. The zero-order valence-corrected chi connectivity index (χ0v) is 9.63. The zero-order chi connectivity index (χ0) is 10.7. The summed E-state index contributed by atoms with van der Waals surface area (Å²) in [5, 5.41) is 2.89. The summed E-state index contributed by atoms with van der Waals surface area (Å²) in [5.41, 5.74) is 6.74. The molecule has 1 aliphatic heterocycles. The standard InChI is InChI=1S/C11H14N2O2.ClH/c12-10-4-2-1-3-9(10)11(14)13-8-5-6-15-7-8;/h1-4,8H,5-7,12H2,(H,13,14);1H. The maximum absolute atomic E-state index is 11.8. The Hall–Kier alpha value is -1.26. The van der Waals surface area contributed by atoms with Gasteiger partial charge in [-0.2, -0.15) is 0 Å². The molecule has 1 aromatic rings. The minimum absolute atomic E-state index is 0. The molecule has 2 rings (SSSR count). The predicted octanol–water partition coefficient (Wildman–Crippen LogP) is 1.21. The molecule has 0 saturated carbocycles. The average molecular weight is 243 g/mol. The lowest BCUT2D eigenvalue weighted by molar-refractivity contribution is 0.0931. The largest absolute Gasteiger partial charge is 0.398 e. The topological polar surface area (TPSA) is 64.4 Å². The van der Waals surface area contributed by atoms with Crippen LogP contribution in [-0.2, 0) is 4.74 Å². The van der Waals surface area contributed by atoms with Crippen molar-refractivity contribution in [3.8, 4) is 0 Å². The van der Waals surface area contributed by atoms with Gasteiger partial charge < -0.3 is 15.8 Å². The molecular weight excluding hydrogens is 228 g/mol. The number of benzene rings is 1. The molecule has 1 atom stereocenters. The molecule has 0 radical (unpaired) electrons. The van der Waals surface area contributed by atoms with Crippen molar-refractivity contribution in [3.63, 3.8) is 0 Å². The van der Waals surface area contributed by atoms with Crippen molar-refractivity contribution in [2.24, 2.45) is 0 Å². The Morgan fingerprint density at radius 1 is 1.44 bits per heavy atom. The Bertz CT molecular complexity index is 365. The second-order valence-corrected chi connectivity index (χ2v) is 3.62.